The highest BCUT2D eigenvalue weighted by Gasteiger charge is 2.24. The normalized spacial score (nSPS) is 11.0. The van der Waals surface area contributed by atoms with Crippen LogP contribution in [0.25, 0.3) is 118 Å². The van der Waals surface area contributed by atoms with E-state index in [4.69, 9.17) is 34.9 Å². The lowest BCUT2D eigenvalue weighted by molar-refractivity contribution is 1.07. The quantitative estimate of drug-likeness (QED) is 0.136. The van der Waals surface area contributed by atoms with E-state index < -0.39 is 0 Å². The minimum Gasteiger partial charge on any atom is -0.309 e. The lowest BCUT2D eigenvalue weighted by Gasteiger charge is -2.18. The summed E-state index contributed by atoms with van der Waals surface area (Å²) < 4.78 is 2.21. The SMILES string of the molecule is N#Cc1cc(C#N)c(-c2ccc3c(c2)c2ccccc2n3-c2ccc(-c3nc(-c4ccccc4)nc(-c4ccccc4)n3)cc2-c2ncccc2-c2nc(-c3ccccc3)nc(-c3ccccc3)n2)c(C#N)c1. The van der Waals surface area contributed by atoms with E-state index in [0.717, 1.165) is 60.9 Å². The lowest BCUT2D eigenvalue weighted by Crippen LogP contribution is -2.04. The summed E-state index contributed by atoms with van der Waals surface area (Å²) in [5, 5.41) is 32.1. The van der Waals surface area contributed by atoms with Gasteiger partial charge in [-0.05, 0) is 66.2 Å². The first-order valence-corrected chi connectivity index (χ1v) is 23.3. The number of nitrogens with zero attached hydrogens (tertiary/aromatic N) is 11. The number of hydrogen-bond acceptors (Lipinski definition) is 10. The number of benzene rings is 8. The Kier molecular flexibility index (Phi) is 11.1. The highest BCUT2D eigenvalue weighted by Crippen LogP contribution is 2.42. The summed E-state index contributed by atoms with van der Waals surface area (Å²) in [5.41, 5.74) is 10.5. The fraction of sp³-hybridized carbons (Fsp3) is 0. The number of pyridine rings is 1. The number of nitriles is 3. The average molecular weight is 934 g/mol. The van der Waals surface area contributed by atoms with Gasteiger partial charge in [-0.2, -0.15) is 15.8 Å². The second-order valence-electron chi connectivity index (χ2n) is 17.1. The smallest absolute Gasteiger partial charge is 0.166 e. The zero-order valence-electron chi connectivity index (χ0n) is 38.6. The molecule has 12 rings (SSSR count). The zero-order valence-corrected chi connectivity index (χ0v) is 38.6. The Bertz CT molecular complexity index is 4080. The molecule has 338 valence electrons. The van der Waals surface area contributed by atoms with E-state index in [1.807, 2.05) is 170 Å². The van der Waals surface area contributed by atoms with E-state index >= 15 is 0 Å². The molecule has 0 aliphatic rings. The van der Waals surface area contributed by atoms with Gasteiger partial charge in [0.2, 0.25) is 0 Å². The molecule has 0 spiro atoms. The Morgan fingerprint density at radius 3 is 1.33 bits per heavy atom. The van der Waals surface area contributed by atoms with Crippen LogP contribution in [0.2, 0.25) is 0 Å². The molecule has 11 nitrogen and oxygen atoms in total. The predicted octanol–water partition coefficient (Wildman–Crippen LogP) is 13.5. The lowest BCUT2D eigenvalue weighted by atomic mass is 9.92. The maximum atomic E-state index is 10.3. The van der Waals surface area contributed by atoms with E-state index in [9.17, 15) is 15.8 Å². The second-order valence-corrected chi connectivity index (χ2v) is 17.1. The molecular formula is C62H35N11. The highest BCUT2D eigenvalue weighted by molar-refractivity contribution is 6.11. The third-order valence-electron chi connectivity index (χ3n) is 12.7. The predicted molar refractivity (Wildman–Crippen MR) is 283 cm³/mol. The van der Waals surface area contributed by atoms with Crippen molar-refractivity contribution in [3.05, 3.63) is 229 Å². The van der Waals surface area contributed by atoms with Crippen LogP contribution in [0.1, 0.15) is 16.7 Å². The molecule has 0 radical (unpaired) electrons. The molecule has 12 aromatic rings. The van der Waals surface area contributed by atoms with Crippen LogP contribution in [0, 0.1) is 34.0 Å². The number of hydrogen-bond donors (Lipinski definition) is 0. The first kappa shape index (κ1) is 43.5. The molecule has 11 heteroatoms. The van der Waals surface area contributed by atoms with E-state index in [-0.39, 0.29) is 16.7 Å². The standard InChI is InChI=1S/C62H35N11/c63-36-39-32-46(37-64)55(47(33-39)38-65)44-27-29-53-50(34-44)48-24-13-14-26-52(48)73(53)54-30-28-45(61-69-57(40-16-5-1-6-17-40)67-58(70-61)41-18-7-2-8-19-41)35-51(54)56-49(25-15-31-66-56)62-71-59(42-20-9-3-10-21-42)68-60(72-62)43-22-11-4-12-23-43/h1-35H. The average Bonchev–Trinajstić information content (AvgIpc) is 3.80. The van der Waals surface area contributed by atoms with E-state index in [1.165, 1.54) is 12.1 Å². The summed E-state index contributed by atoms with van der Waals surface area (Å²) in [6.45, 7) is 0. The number of aromatic nitrogens is 8. The molecule has 4 heterocycles. The highest BCUT2D eigenvalue weighted by atomic mass is 15.1. The molecular weight excluding hydrogens is 899 g/mol. The summed E-state index contributed by atoms with van der Waals surface area (Å²) in [6, 6.07) is 73.2. The maximum absolute atomic E-state index is 10.3. The van der Waals surface area contributed by atoms with Crippen LogP contribution in [-0.2, 0) is 0 Å². The van der Waals surface area contributed by atoms with Gasteiger partial charge < -0.3 is 4.57 Å². The summed E-state index contributed by atoms with van der Waals surface area (Å²) in [4.78, 5) is 35.7. The van der Waals surface area contributed by atoms with Crippen molar-refractivity contribution in [1.82, 2.24) is 39.5 Å². The van der Waals surface area contributed by atoms with Gasteiger partial charge in [-0.25, -0.2) is 29.9 Å². The maximum Gasteiger partial charge on any atom is 0.166 e. The van der Waals surface area contributed by atoms with Crippen molar-refractivity contribution < 1.29 is 0 Å². The van der Waals surface area contributed by atoms with E-state index in [2.05, 4.69) is 47.0 Å². The van der Waals surface area contributed by atoms with E-state index in [1.54, 1.807) is 6.20 Å². The molecule has 8 aromatic carbocycles. The van der Waals surface area contributed by atoms with Crippen molar-refractivity contribution >= 4 is 21.8 Å². The molecule has 0 bridgehead atoms. The van der Waals surface area contributed by atoms with Crippen LogP contribution in [0.15, 0.2) is 212 Å². The topological polar surface area (TPSA) is 167 Å². The Morgan fingerprint density at radius 2 is 0.808 bits per heavy atom. The molecule has 0 fully saturated rings. The first-order chi connectivity index (χ1) is 36.0. The fourth-order valence-electron chi connectivity index (χ4n) is 9.31. The van der Waals surface area contributed by atoms with Crippen molar-refractivity contribution in [2.24, 2.45) is 0 Å². The summed E-state index contributed by atoms with van der Waals surface area (Å²) in [5.74, 6) is 2.98. The van der Waals surface area contributed by atoms with E-state index in [0.29, 0.717) is 57.3 Å². The van der Waals surface area contributed by atoms with Crippen molar-refractivity contribution in [3.63, 3.8) is 0 Å². The van der Waals surface area contributed by atoms with Crippen molar-refractivity contribution in [2.75, 3.05) is 0 Å². The summed E-state index contributed by atoms with van der Waals surface area (Å²) in [7, 11) is 0. The van der Waals surface area contributed by atoms with Gasteiger partial charge in [0.25, 0.3) is 0 Å². The Morgan fingerprint density at radius 1 is 0.342 bits per heavy atom. The Balaban J connectivity index is 1.13. The molecule has 0 unspecified atom stereocenters. The summed E-state index contributed by atoms with van der Waals surface area (Å²) in [6.07, 6.45) is 1.77. The van der Waals surface area contributed by atoms with Gasteiger partial charge in [0.05, 0.1) is 57.3 Å². The largest absolute Gasteiger partial charge is 0.309 e. The third kappa shape index (κ3) is 8.05. The minimum absolute atomic E-state index is 0.243. The molecule has 0 N–H and O–H groups in total. The monoisotopic (exact) mass is 933 g/mol. The molecule has 0 atom stereocenters. The number of para-hydroxylation sites is 1. The summed E-state index contributed by atoms with van der Waals surface area (Å²) >= 11 is 0. The minimum atomic E-state index is 0.243. The molecule has 0 saturated carbocycles. The number of rotatable bonds is 9. The van der Waals surface area contributed by atoms with Gasteiger partial charge in [0.1, 0.15) is 0 Å². The van der Waals surface area contributed by atoms with Gasteiger partial charge in [0, 0.05) is 61.5 Å². The fourth-order valence-corrected chi connectivity index (χ4v) is 9.31. The first-order valence-electron chi connectivity index (χ1n) is 23.3. The van der Waals surface area contributed by atoms with Crippen LogP contribution in [0.5, 0.6) is 0 Å². The Hall–Kier alpha value is -10.8. The van der Waals surface area contributed by atoms with Crippen molar-refractivity contribution in [2.45, 2.75) is 0 Å². The van der Waals surface area contributed by atoms with Crippen LogP contribution in [0.3, 0.4) is 0 Å². The van der Waals surface area contributed by atoms with Crippen molar-refractivity contribution in [1.29, 1.82) is 15.8 Å². The van der Waals surface area contributed by atoms with Gasteiger partial charge in [-0.1, -0.05) is 146 Å². The molecule has 73 heavy (non-hydrogen) atoms. The molecule has 0 aliphatic heterocycles. The molecule has 0 saturated heterocycles. The molecule has 0 aliphatic carbocycles. The zero-order chi connectivity index (χ0) is 49.3. The van der Waals surface area contributed by atoms with Gasteiger partial charge in [-0.3, -0.25) is 4.98 Å². The van der Waals surface area contributed by atoms with Gasteiger partial charge in [0.15, 0.2) is 34.9 Å². The Labute approximate surface area is 419 Å². The molecule has 4 aromatic heterocycles. The van der Waals surface area contributed by atoms with Crippen molar-refractivity contribution in [3.8, 4) is 115 Å². The van der Waals surface area contributed by atoms with Crippen LogP contribution < -0.4 is 0 Å². The van der Waals surface area contributed by atoms with Crippen LogP contribution in [0.4, 0.5) is 0 Å². The van der Waals surface area contributed by atoms with Gasteiger partial charge >= 0.3 is 0 Å². The molecule has 0 amide bonds. The number of fused-ring (bicyclic) bond motifs is 3. The van der Waals surface area contributed by atoms with Gasteiger partial charge in [-0.15, -0.1) is 0 Å². The van der Waals surface area contributed by atoms with Crippen LogP contribution in [-0.4, -0.2) is 39.5 Å². The third-order valence-corrected chi connectivity index (χ3v) is 12.7. The second kappa shape index (κ2) is 18.6. The van der Waals surface area contributed by atoms with Crippen LogP contribution >= 0.6 is 0 Å².